The lowest BCUT2D eigenvalue weighted by molar-refractivity contribution is -0.131. The van der Waals surface area contributed by atoms with Crippen LogP contribution in [0.4, 0.5) is 0 Å². The molecule has 2 N–H and O–H groups in total. The number of aromatic amines is 1. The predicted octanol–water partition coefficient (Wildman–Crippen LogP) is 7.15. The van der Waals surface area contributed by atoms with Gasteiger partial charge < -0.3 is 5.11 Å². The number of nitrogens with one attached hydrogen (secondary N) is 1. The fraction of sp³-hybridized carbons (Fsp3) is 0.0690. The number of benzene rings is 3. The highest BCUT2D eigenvalue weighted by atomic mass is 32.1. The van der Waals surface area contributed by atoms with Crippen molar-refractivity contribution < 1.29 is 9.90 Å². The fourth-order valence-electron chi connectivity index (χ4n) is 4.28. The lowest BCUT2D eigenvalue weighted by atomic mass is 9.87. The number of H-pyrrole nitrogens is 1. The molecule has 35 heavy (non-hydrogen) atoms. The number of hydrogen-bond acceptors (Lipinski definition) is 4. The van der Waals surface area contributed by atoms with E-state index in [1.807, 2.05) is 24.5 Å². The highest BCUT2D eigenvalue weighted by molar-refractivity contribution is 7.03. The van der Waals surface area contributed by atoms with Crippen LogP contribution >= 0.6 is 11.5 Å². The van der Waals surface area contributed by atoms with E-state index in [1.165, 1.54) is 17.1 Å². The monoisotopic (exact) mass is 477 g/mol. The van der Waals surface area contributed by atoms with Crippen LogP contribution in [-0.4, -0.2) is 25.6 Å². The Morgan fingerprint density at radius 1 is 0.943 bits per heavy atom. The van der Waals surface area contributed by atoms with Crippen molar-refractivity contribution in [2.75, 3.05) is 0 Å². The van der Waals surface area contributed by atoms with E-state index in [9.17, 15) is 4.79 Å². The molecule has 0 atom stereocenters. The normalized spacial score (nSPS) is 12.3. The highest BCUT2D eigenvalue weighted by Gasteiger charge is 2.14. The number of carbonyl (C=O) groups is 1. The van der Waals surface area contributed by atoms with Crippen LogP contribution in [-0.2, 0) is 4.79 Å². The van der Waals surface area contributed by atoms with Crippen LogP contribution in [0.3, 0.4) is 0 Å². The molecule has 6 heteroatoms. The lowest BCUT2D eigenvalue weighted by Crippen LogP contribution is -1.95. The van der Waals surface area contributed by atoms with Crippen LogP contribution in [0.1, 0.15) is 35.6 Å². The molecule has 0 radical (unpaired) electrons. The Morgan fingerprint density at radius 2 is 1.69 bits per heavy atom. The first kappa shape index (κ1) is 22.5. The van der Waals surface area contributed by atoms with Crippen molar-refractivity contribution in [3.63, 3.8) is 0 Å². The topological polar surface area (TPSA) is 78.9 Å². The summed E-state index contributed by atoms with van der Waals surface area (Å²) in [5.74, 6) is -0.960. The predicted molar refractivity (Wildman–Crippen MR) is 143 cm³/mol. The maximum atomic E-state index is 10.9. The summed E-state index contributed by atoms with van der Waals surface area (Å²) in [5, 5.41) is 19.2. The Hall–Kier alpha value is -4.29. The third-order valence-electron chi connectivity index (χ3n) is 6.00. The molecule has 0 spiro atoms. The van der Waals surface area contributed by atoms with E-state index in [-0.39, 0.29) is 0 Å². The molecule has 2 aromatic heterocycles. The van der Waals surface area contributed by atoms with E-state index in [0.29, 0.717) is 0 Å². The average Bonchev–Trinajstić information content (AvgIpc) is 3.59. The summed E-state index contributed by atoms with van der Waals surface area (Å²) in [6, 6.07) is 23.0. The smallest absolute Gasteiger partial charge is 0.328 e. The van der Waals surface area contributed by atoms with Gasteiger partial charge in [-0.15, -0.1) is 0 Å². The second-order valence-electron chi connectivity index (χ2n) is 8.16. The Bertz CT molecular complexity index is 1530. The standard InChI is InChI=1S/C29H23N3O2S/c1-2-26(21-10-8-20(9-11-21)25-17-31-35-18-25)29(23-12-13-27-24(15-23)16-30-32-27)22-6-3-19(4-7-22)5-14-28(33)34/h3-18H,2H2,1H3,(H,30,32)(H,33,34). The van der Waals surface area contributed by atoms with Crippen molar-refractivity contribution in [1.82, 2.24) is 14.6 Å². The van der Waals surface area contributed by atoms with Crippen LogP contribution in [0.2, 0.25) is 0 Å². The van der Waals surface area contributed by atoms with Crippen LogP contribution < -0.4 is 0 Å². The highest BCUT2D eigenvalue weighted by Crippen LogP contribution is 2.36. The molecule has 5 nitrogen and oxygen atoms in total. The quantitative estimate of drug-likeness (QED) is 0.193. The number of carboxylic acids is 1. The van der Waals surface area contributed by atoms with Crippen molar-refractivity contribution in [3.05, 3.63) is 113 Å². The summed E-state index contributed by atoms with van der Waals surface area (Å²) < 4.78 is 4.22. The van der Waals surface area contributed by atoms with Crippen LogP contribution in [0, 0.1) is 0 Å². The van der Waals surface area contributed by atoms with Gasteiger partial charge in [-0.2, -0.15) is 5.10 Å². The minimum absolute atomic E-state index is 0.840. The number of allylic oxidation sites excluding steroid dienone is 1. The van der Waals surface area contributed by atoms with Gasteiger partial charge in [0.05, 0.1) is 11.7 Å². The van der Waals surface area contributed by atoms with Gasteiger partial charge in [-0.3, -0.25) is 5.10 Å². The molecule has 0 aliphatic carbocycles. The second kappa shape index (κ2) is 9.91. The Morgan fingerprint density at radius 3 is 2.37 bits per heavy atom. The number of carboxylic acid groups (broad SMARTS) is 1. The summed E-state index contributed by atoms with van der Waals surface area (Å²) >= 11 is 1.45. The van der Waals surface area contributed by atoms with Crippen molar-refractivity contribution >= 4 is 45.6 Å². The molecule has 0 amide bonds. The van der Waals surface area contributed by atoms with E-state index < -0.39 is 5.97 Å². The van der Waals surface area contributed by atoms with Crippen molar-refractivity contribution in [1.29, 1.82) is 0 Å². The van der Waals surface area contributed by atoms with E-state index in [2.05, 4.69) is 81.5 Å². The third-order valence-corrected chi connectivity index (χ3v) is 6.59. The largest absolute Gasteiger partial charge is 0.478 e. The molecule has 0 unspecified atom stereocenters. The zero-order chi connectivity index (χ0) is 24.2. The van der Waals surface area contributed by atoms with E-state index >= 15 is 0 Å². The summed E-state index contributed by atoms with van der Waals surface area (Å²) in [5.41, 5.74) is 9.83. The van der Waals surface area contributed by atoms with Gasteiger partial charge in [-0.05, 0) is 75.1 Å². The van der Waals surface area contributed by atoms with Crippen LogP contribution in [0.25, 0.3) is 39.3 Å². The number of aromatic nitrogens is 3. The van der Waals surface area contributed by atoms with Crippen molar-refractivity contribution in [2.24, 2.45) is 0 Å². The van der Waals surface area contributed by atoms with Crippen molar-refractivity contribution in [2.45, 2.75) is 13.3 Å². The Balaban J connectivity index is 1.64. The molecule has 0 aliphatic rings. The number of nitrogens with zero attached hydrogens (tertiary/aromatic N) is 2. The SMILES string of the molecule is CCC(=C(c1ccc(C=CC(=O)O)cc1)c1ccc2[nH]ncc2c1)c1ccc(-c2cnsc2)cc1. The fourth-order valence-corrected chi connectivity index (χ4v) is 4.82. The number of hydrogen-bond donors (Lipinski definition) is 2. The summed E-state index contributed by atoms with van der Waals surface area (Å²) in [6.45, 7) is 2.17. The summed E-state index contributed by atoms with van der Waals surface area (Å²) in [7, 11) is 0. The number of rotatable bonds is 7. The zero-order valence-electron chi connectivity index (χ0n) is 19.1. The van der Waals surface area contributed by atoms with Gasteiger partial charge in [0.25, 0.3) is 0 Å². The summed E-state index contributed by atoms with van der Waals surface area (Å²) in [6.07, 6.45) is 7.33. The van der Waals surface area contributed by atoms with Gasteiger partial charge in [0.1, 0.15) is 0 Å². The number of fused-ring (bicyclic) bond motifs is 1. The van der Waals surface area contributed by atoms with E-state index in [4.69, 9.17) is 5.11 Å². The van der Waals surface area contributed by atoms with Gasteiger partial charge in [-0.1, -0.05) is 61.5 Å². The Labute approximate surface area is 207 Å². The van der Waals surface area contributed by atoms with Gasteiger partial charge in [-0.25, -0.2) is 9.17 Å². The number of aliphatic carboxylic acids is 1. The van der Waals surface area contributed by atoms with Crippen LogP contribution in [0.15, 0.2) is 90.6 Å². The molecule has 172 valence electrons. The Kier molecular flexibility index (Phi) is 6.37. The molecule has 0 saturated heterocycles. The molecule has 2 heterocycles. The zero-order valence-corrected chi connectivity index (χ0v) is 19.9. The average molecular weight is 478 g/mol. The first-order valence-electron chi connectivity index (χ1n) is 11.3. The third kappa shape index (κ3) is 4.83. The molecule has 3 aromatic carbocycles. The molecule has 0 saturated carbocycles. The lowest BCUT2D eigenvalue weighted by Gasteiger charge is -2.17. The van der Waals surface area contributed by atoms with Crippen molar-refractivity contribution in [3.8, 4) is 11.1 Å². The van der Waals surface area contributed by atoms with Gasteiger partial charge in [0, 0.05) is 28.6 Å². The molecule has 5 rings (SSSR count). The van der Waals surface area contributed by atoms with E-state index in [0.717, 1.165) is 62.4 Å². The molecule has 5 aromatic rings. The van der Waals surface area contributed by atoms with Gasteiger partial charge in [0.15, 0.2) is 0 Å². The van der Waals surface area contributed by atoms with Gasteiger partial charge >= 0.3 is 5.97 Å². The maximum Gasteiger partial charge on any atom is 0.328 e. The molecular weight excluding hydrogens is 454 g/mol. The molecule has 0 fully saturated rings. The summed E-state index contributed by atoms with van der Waals surface area (Å²) in [4.78, 5) is 10.9. The second-order valence-corrected chi connectivity index (χ2v) is 8.82. The maximum absolute atomic E-state index is 10.9. The minimum atomic E-state index is -0.960. The van der Waals surface area contributed by atoms with E-state index in [1.54, 1.807) is 6.08 Å². The molecule has 0 bridgehead atoms. The molecule has 0 aliphatic heterocycles. The molecular formula is C29H23N3O2S. The van der Waals surface area contributed by atoms with Crippen LogP contribution in [0.5, 0.6) is 0 Å². The first-order chi connectivity index (χ1) is 17.1. The van der Waals surface area contributed by atoms with Gasteiger partial charge in [0.2, 0.25) is 0 Å². The first-order valence-corrected chi connectivity index (χ1v) is 12.1. The minimum Gasteiger partial charge on any atom is -0.478 e.